The molecule has 0 amide bonds. The van der Waals surface area contributed by atoms with Crippen LogP contribution in [0.25, 0.3) is 10.8 Å². The molecule has 0 unspecified atom stereocenters. The molecule has 2 rings (SSSR count). The Morgan fingerprint density at radius 3 is 2.73 bits per heavy atom. The fraction of sp³-hybridized carbons (Fsp3) is 0. The first kappa shape index (κ1) is 9.22. The Bertz CT molecular complexity index is 582. The SMILES string of the molecule is N#Cc1ccc2cccc(C(=O)O)c2c1. The van der Waals surface area contributed by atoms with E-state index in [1.807, 2.05) is 12.1 Å². The highest BCUT2D eigenvalue weighted by atomic mass is 16.4. The van der Waals surface area contributed by atoms with Gasteiger partial charge < -0.3 is 5.11 Å². The van der Waals surface area contributed by atoms with Crippen molar-refractivity contribution < 1.29 is 9.90 Å². The van der Waals surface area contributed by atoms with Crippen molar-refractivity contribution in [3.63, 3.8) is 0 Å². The van der Waals surface area contributed by atoms with Crippen molar-refractivity contribution in [3.05, 3.63) is 47.5 Å². The number of carbonyl (C=O) groups is 1. The average molecular weight is 197 g/mol. The Kier molecular flexibility index (Phi) is 2.11. The van der Waals surface area contributed by atoms with Crippen molar-refractivity contribution in [2.75, 3.05) is 0 Å². The third kappa shape index (κ3) is 1.53. The number of aromatic carboxylic acids is 1. The third-order valence-corrected chi connectivity index (χ3v) is 2.24. The van der Waals surface area contributed by atoms with Gasteiger partial charge in [-0.1, -0.05) is 18.2 Å². The molecule has 0 bridgehead atoms. The second-order valence-electron chi connectivity index (χ2n) is 3.16. The number of nitriles is 1. The lowest BCUT2D eigenvalue weighted by Gasteiger charge is -2.01. The smallest absolute Gasteiger partial charge is 0.336 e. The van der Waals surface area contributed by atoms with Gasteiger partial charge in [0.2, 0.25) is 0 Å². The van der Waals surface area contributed by atoms with Gasteiger partial charge in [0.05, 0.1) is 17.2 Å². The van der Waals surface area contributed by atoms with Gasteiger partial charge in [-0.3, -0.25) is 0 Å². The van der Waals surface area contributed by atoms with Crippen LogP contribution in [0.15, 0.2) is 36.4 Å². The first-order chi connectivity index (χ1) is 7.22. The van der Waals surface area contributed by atoms with Crippen LogP contribution in [0.2, 0.25) is 0 Å². The Hall–Kier alpha value is -2.34. The lowest BCUT2D eigenvalue weighted by Crippen LogP contribution is -1.97. The minimum Gasteiger partial charge on any atom is -0.478 e. The molecule has 15 heavy (non-hydrogen) atoms. The maximum Gasteiger partial charge on any atom is 0.336 e. The number of hydrogen-bond donors (Lipinski definition) is 1. The summed E-state index contributed by atoms with van der Waals surface area (Å²) in [6.07, 6.45) is 0. The quantitative estimate of drug-likeness (QED) is 0.763. The Labute approximate surface area is 86.2 Å². The second-order valence-corrected chi connectivity index (χ2v) is 3.16. The van der Waals surface area contributed by atoms with E-state index in [2.05, 4.69) is 0 Å². The summed E-state index contributed by atoms with van der Waals surface area (Å²) in [5, 5.41) is 19.1. The van der Waals surface area contributed by atoms with Crippen molar-refractivity contribution in [2.45, 2.75) is 0 Å². The Balaban J connectivity index is 2.83. The summed E-state index contributed by atoms with van der Waals surface area (Å²) in [6, 6.07) is 12.1. The van der Waals surface area contributed by atoms with Crippen LogP contribution < -0.4 is 0 Å². The first-order valence-electron chi connectivity index (χ1n) is 4.38. The molecule has 0 aliphatic carbocycles. The Morgan fingerprint density at radius 2 is 2.07 bits per heavy atom. The summed E-state index contributed by atoms with van der Waals surface area (Å²) in [5.41, 5.74) is 0.695. The number of carboxylic acids is 1. The standard InChI is InChI=1S/C12H7NO2/c13-7-8-4-5-9-2-1-3-10(12(14)15)11(9)6-8/h1-6H,(H,14,15). The Morgan fingerprint density at radius 1 is 1.27 bits per heavy atom. The fourth-order valence-electron chi connectivity index (χ4n) is 1.53. The van der Waals surface area contributed by atoms with E-state index in [1.54, 1.807) is 24.3 Å². The van der Waals surface area contributed by atoms with Crippen molar-refractivity contribution in [2.24, 2.45) is 0 Å². The monoisotopic (exact) mass is 197 g/mol. The molecule has 2 aromatic carbocycles. The highest BCUT2D eigenvalue weighted by Gasteiger charge is 2.07. The average Bonchev–Trinajstić information content (AvgIpc) is 2.27. The maximum absolute atomic E-state index is 10.9. The molecule has 0 heterocycles. The summed E-state index contributed by atoms with van der Waals surface area (Å²) in [6.45, 7) is 0. The van der Waals surface area contributed by atoms with Gasteiger partial charge >= 0.3 is 5.97 Å². The highest BCUT2D eigenvalue weighted by Crippen LogP contribution is 2.20. The van der Waals surface area contributed by atoms with Crippen molar-refractivity contribution in [3.8, 4) is 6.07 Å². The van der Waals surface area contributed by atoms with Gasteiger partial charge in [-0.2, -0.15) is 5.26 Å². The van der Waals surface area contributed by atoms with E-state index >= 15 is 0 Å². The lowest BCUT2D eigenvalue weighted by molar-refractivity contribution is 0.0699. The molecule has 0 atom stereocenters. The molecule has 0 aliphatic heterocycles. The normalized spacial score (nSPS) is 9.80. The minimum absolute atomic E-state index is 0.226. The van der Waals surface area contributed by atoms with Crippen LogP contribution in [-0.4, -0.2) is 11.1 Å². The van der Waals surface area contributed by atoms with Gasteiger partial charge in [0, 0.05) is 0 Å². The molecule has 0 fully saturated rings. The summed E-state index contributed by atoms with van der Waals surface area (Å²) >= 11 is 0. The van der Waals surface area contributed by atoms with Crippen molar-refractivity contribution in [1.29, 1.82) is 5.26 Å². The van der Waals surface area contributed by atoms with Gasteiger partial charge in [-0.05, 0) is 29.0 Å². The molecule has 0 saturated heterocycles. The number of fused-ring (bicyclic) bond motifs is 1. The van der Waals surface area contributed by atoms with E-state index in [4.69, 9.17) is 10.4 Å². The number of benzene rings is 2. The molecule has 3 nitrogen and oxygen atoms in total. The molecule has 72 valence electrons. The van der Waals surface area contributed by atoms with Crippen molar-refractivity contribution in [1.82, 2.24) is 0 Å². The highest BCUT2D eigenvalue weighted by molar-refractivity contribution is 6.03. The molecule has 1 N–H and O–H groups in total. The molecule has 2 aromatic rings. The number of rotatable bonds is 1. The van der Waals surface area contributed by atoms with Gasteiger partial charge in [-0.25, -0.2) is 4.79 Å². The maximum atomic E-state index is 10.9. The van der Waals surface area contributed by atoms with Crippen LogP contribution in [0.5, 0.6) is 0 Å². The number of hydrogen-bond acceptors (Lipinski definition) is 2. The molecular formula is C12H7NO2. The predicted octanol–water partition coefficient (Wildman–Crippen LogP) is 2.41. The lowest BCUT2D eigenvalue weighted by atomic mass is 10.0. The van der Waals surface area contributed by atoms with E-state index < -0.39 is 5.97 Å². The van der Waals surface area contributed by atoms with Crippen LogP contribution in [0, 0.1) is 11.3 Å². The summed E-state index contributed by atoms with van der Waals surface area (Å²) in [7, 11) is 0. The molecule has 0 saturated carbocycles. The topological polar surface area (TPSA) is 61.1 Å². The van der Waals surface area contributed by atoms with E-state index in [-0.39, 0.29) is 5.56 Å². The van der Waals surface area contributed by atoms with Crippen LogP contribution in [-0.2, 0) is 0 Å². The molecule has 0 spiro atoms. The summed E-state index contributed by atoms with van der Waals surface area (Å²) in [5.74, 6) is -0.976. The van der Waals surface area contributed by atoms with Gasteiger partial charge in [0.25, 0.3) is 0 Å². The minimum atomic E-state index is -0.976. The second kappa shape index (κ2) is 3.43. The zero-order valence-electron chi connectivity index (χ0n) is 7.77. The number of carboxylic acid groups (broad SMARTS) is 1. The van der Waals surface area contributed by atoms with Gasteiger partial charge in [0.15, 0.2) is 0 Å². The number of nitrogens with zero attached hydrogens (tertiary/aromatic N) is 1. The van der Waals surface area contributed by atoms with E-state index in [9.17, 15) is 4.79 Å². The summed E-state index contributed by atoms with van der Waals surface area (Å²) < 4.78 is 0. The first-order valence-corrected chi connectivity index (χ1v) is 4.38. The summed E-state index contributed by atoms with van der Waals surface area (Å²) in [4.78, 5) is 10.9. The van der Waals surface area contributed by atoms with Crippen LogP contribution in [0.3, 0.4) is 0 Å². The van der Waals surface area contributed by atoms with Gasteiger partial charge in [0.1, 0.15) is 0 Å². The largest absolute Gasteiger partial charge is 0.478 e. The van der Waals surface area contributed by atoms with E-state index in [0.29, 0.717) is 10.9 Å². The third-order valence-electron chi connectivity index (χ3n) is 2.24. The molecule has 3 heteroatoms. The zero-order chi connectivity index (χ0) is 10.8. The van der Waals surface area contributed by atoms with Crippen LogP contribution >= 0.6 is 0 Å². The molecular weight excluding hydrogens is 190 g/mol. The van der Waals surface area contributed by atoms with Crippen molar-refractivity contribution >= 4 is 16.7 Å². The molecule has 0 aromatic heterocycles. The van der Waals surface area contributed by atoms with E-state index in [1.165, 1.54) is 6.07 Å². The van der Waals surface area contributed by atoms with E-state index in [0.717, 1.165) is 5.39 Å². The molecule has 0 radical (unpaired) electrons. The molecule has 0 aliphatic rings. The van der Waals surface area contributed by atoms with Gasteiger partial charge in [-0.15, -0.1) is 0 Å². The predicted molar refractivity (Wildman–Crippen MR) is 55.6 cm³/mol. The fourth-order valence-corrected chi connectivity index (χ4v) is 1.53. The zero-order valence-corrected chi connectivity index (χ0v) is 7.77. The van der Waals surface area contributed by atoms with Crippen LogP contribution in [0.4, 0.5) is 0 Å². The van der Waals surface area contributed by atoms with Crippen LogP contribution in [0.1, 0.15) is 15.9 Å².